The monoisotopic (exact) mass is 306 g/mol. The first-order chi connectivity index (χ1) is 8.21. The van der Waals surface area contributed by atoms with Gasteiger partial charge in [0.2, 0.25) is 0 Å². The van der Waals surface area contributed by atoms with Crippen molar-refractivity contribution in [1.82, 2.24) is 0 Å². The van der Waals surface area contributed by atoms with Crippen molar-refractivity contribution in [1.29, 1.82) is 0 Å². The summed E-state index contributed by atoms with van der Waals surface area (Å²) in [5, 5.41) is 0. The zero-order chi connectivity index (χ0) is 14.1. The van der Waals surface area contributed by atoms with Crippen LogP contribution < -0.4 is 0 Å². The van der Waals surface area contributed by atoms with E-state index >= 15 is 0 Å². The SMILES string of the molecule is O=S(=O)(O)OCCCCCCCCOS(=O)(=O)O. The Morgan fingerprint density at radius 1 is 0.611 bits per heavy atom. The first kappa shape index (κ1) is 17.7. The first-order valence-corrected chi connectivity index (χ1v) is 8.17. The Hall–Kier alpha value is -0.260. The molecule has 0 aromatic carbocycles. The maximum absolute atomic E-state index is 10.2. The predicted octanol–water partition coefficient (Wildman–Crippen LogP) is 0.966. The third-order valence-electron chi connectivity index (χ3n) is 2.00. The average Bonchev–Trinajstić information content (AvgIpc) is 2.17. The molecule has 0 atom stereocenters. The number of rotatable bonds is 11. The second kappa shape index (κ2) is 8.77. The lowest BCUT2D eigenvalue weighted by Crippen LogP contribution is -2.05. The second-order valence-electron chi connectivity index (χ2n) is 3.62. The van der Waals surface area contributed by atoms with E-state index in [1.807, 2.05) is 0 Å². The van der Waals surface area contributed by atoms with Gasteiger partial charge < -0.3 is 0 Å². The van der Waals surface area contributed by atoms with E-state index in [0.717, 1.165) is 25.7 Å². The summed E-state index contributed by atoms with van der Waals surface area (Å²) < 4.78 is 65.4. The highest BCUT2D eigenvalue weighted by atomic mass is 32.3. The van der Waals surface area contributed by atoms with Crippen molar-refractivity contribution < 1.29 is 34.3 Å². The van der Waals surface area contributed by atoms with Crippen molar-refractivity contribution >= 4 is 20.8 Å². The quantitative estimate of drug-likeness (QED) is 0.427. The number of hydrogen-bond acceptors (Lipinski definition) is 6. The molecule has 0 bridgehead atoms. The molecular weight excluding hydrogens is 288 g/mol. The van der Waals surface area contributed by atoms with Crippen LogP contribution in [-0.4, -0.2) is 39.2 Å². The minimum atomic E-state index is -4.34. The summed E-state index contributed by atoms with van der Waals surface area (Å²) in [6.07, 6.45) is 4.19. The topological polar surface area (TPSA) is 127 Å². The van der Waals surface area contributed by atoms with Gasteiger partial charge in [0.1, 0.15) is 0 Å². The summed E-state index contributed by atoms with van der Waals surface area (Å²) in [6.45, 7) is -0.102. The van der Waals surface area contributed by atoms with Gasteiger partial charge in [0, 0.05) is 0 Å². The maximum atomic E-state index is 10.2. The highest BCUT2D eigenvalue weighted by molar-refractivity contribution is 7.81. The lowest BCUT2D eigenvalue weighted by molar-refractivity contribution is 0.256. The van der Waals surface area contributed by atoms with E-state index in [2.05, 4.69) is 8.37 Å². The molecule has 0 amide bonds. The Morgan fingerprint density at radius 2 is 0.889 bits per heavy atom. The van der Waals surface area contributed by atoms with Crippen LogP contribution in [0.5, 0.6) is 0 Å². The molecule has 0 rings (SSSR count). The molecule has 0 spiro atoms. The largest absolute Gasteiger partial charge is 0.397 e. The van der Waals surface area contributed by atoms with Gasteiger partial charge in [0.05, 0.1) is 13.2 Å². The molecule has 0 aromatic heterocycles. The van der Waals surface area contributed by atoms with Crippen LogP contribution in [0.4, 0.5) is 0 Å². The summed E-state index contributed by atoms with van der Waals surface area (Å²) in [7, 11) is -8.68. The number of hydrogen-bond donors (Lipinski definition) is 2. The second-order valence-corrected chi connectivity index (χ2v) is 5.80. The van der Waals surface area contributed by atoms with Gasteiger partial charge in [0.25, 0.3) is 0 Å². The fourth-order valence-electron chi connectivity index (χ4n) is 1.24. The van der Waals surface area contributed by atoms with Crippen LogP contribution in [0.2, 0.25) is 0 Å². The van der Waals surface area contributed by atoms with E-state index in [1.54, 1.807) is 0 Å². The Bertz CT molecular complexity index is 359. The number of unbranched alkanes of at least 4 members (excludes halogenated alkanes) is 5. The Balaban J connectivity index is 3.22. The molecular formula is C8H18O8S2. The fourth-order valence-corrected chi connectivity index (χ4v) is 1.90. The normalized spacial score (nSPS) is 12.8. The lowest BCUT2D eigenvalue weighted by atomic mass is 10.1. The van der Waals surface area contributed by atoms with Gasteiger partial charge in [-0.25, -0.2) is 8.37 Å². The smallest absolute Gasteiger partial charge is 0.264 e. The molecule has 0 fully saturated rings. The maximum Gasteiger partial charge on any atom is 0.397 e. The van der Waals surface area contributed by atoms with Crippen molar-refractivity contribution in [2.45, 2.75) is 38.5 Å². The van der Waals surface area contributed by atoms with Crippen LogP contribution in [0, 0.1) is 0 Å². The molecule has 0 aromatic rings. The van der Waals surface area contributed by atoms with E-state index in [-0.39, 0.29) is 13.2 Å². The summed E-state index contributed by atoms with van der Waals surface area (Å²) in [4.78, 5) is 0. The Morgan fingerprint density at radius 3 is 1.17 bits per heavy atom. The van der Waals surface area contributed by atoms with E-state index in [1.165, 1.54) is 0 Å². The van der Waals surface area contributed by atoms with Crippen molar-refractivity contribution in [2.75, 3.05) is 13.2 Å². The molecule has 110 valence electrons. The van der Waals surface area contributed by atoms with Crippen LogP contribution in [0.1, 0.15) is 38.5 Å². The minimum absolute atomic E-state index is 0.0509. The van der Waals surface area contributed by atoms with Crippen LogP contribution in [0.3, 0.4) is 0 Å². The molecule has 0 saturated heterocycles. The van der Waals surface area contributed by atoms with Gasteiger partial charge in [-0.1, -0.05) is 25.7 Å². The molecule has 0 aliphatic rings. The highest BCUT2D eigenvalue weighted by Crippen LogP contribution is 2.06. The van der Waals surface area contributed by atoms with E-state index < -0.39 is 20.8 Å². The standard InChI is InChI=1S/C8H18O8S2/c9-17(10,11)15-7-5-3-1-2-4-6-8-16-18(12,13)14/h1-8H2,(H,9,10,11)(H,12,13,14). The summed E-state index contributed by atoms with van der Waals surface area (Å²) in [5.41, 5.74) is 0. The molecule has 0 unspecified atom stereocenters. The van der Waals surface area contributed by atoms with Crippen molar-refractivity contribution in [3.05, 3.63) is 0 Å². The molecule has 2 N–H and O–H groups in total. The molecule has 0 aliphatic heterocycles. The van der Waals surface area contributed by atoms with Gasteiger partial charge >= 0.3 is 20.8 Å². The van der Waals surface area contributed by atoms with Gasteiger partial charge in [0.15, 0.2) is 0 Å². The molecule has 10 heteroatoms. The Labute approximate surface area is 107 Å². The molecule has 0 radical (unpaired) electrons. The third kappa shape index (κ3) is 15.7. The molecule has 18 heavy (non-hydrogen) atoms. The van der Waals surface area contributed by atoms with Gasteiger partial charge in [-0.2, -0.15) is 16.8 Å². The minimum Gasteiger partial charge on any atom is -0.264 e. The van der Waals surface area contributed by atoms with Crippen molar-refractivity contribution in [3.63, 3.8) is 0 Å². The first-order valence-electron chi connectivity index (χ1n) is 5.44. The summed E-state index contributed by atoms with van der Waals surface area (Å²) >= 11 is 0. The summed E-state index contributed by atoms with van der Waals surface area (Å²) in [6, 6.07) is 0. The van der Waals surface area contributed by atoms with Crippen LogP contribution in [0.25, 0.3) is 0 Å². The molecule has 0 aliphatic carbocycles. The predicted molar refractivity (Wildman–Crippen MR) is 62.7 cm³/mol. The van der Waals surface area contributed by atoms with Crippen LogP contribution >= 0.6 is 0 Å². The van der Waals surface area contributed by atoms with Crippen molar-refractivity contribution in [3.8, 4) is 0 Å². The fraction of sp³-hybridized carbons (Fsp3) is 1.00. The highest BCUT2D eigenvalue weighted by Gasteiger charge is 2.04. The lowest BCUT2D eigenvalue weighted by Gasteiger charge is -2.02. The summed E-state index contributed by atoms with van der Waals surface area (Å²) in [5.74, 6) is 0. The van der Waals surface area contributed by atoms with E-state index in [9.17, 15) is 16.8 Å². The molecule has 0 saturated carbocycles. The van der Waals surface area contributed by atoms with Gasteiger partial charge in [-0.05, 0) is 12.8 Å². The third-order valence-corrected chi connectivity index (χ3v) is 2.93. The van der Waals surface area contributed by atoms with Gasteiger partial charge in [-0.15, -0.1) is 0 Å². The Kier molecular flexibility index (Phi) is 8.65. The molecule has 0 heterocycles. The molecule has 8 nitrogen and oxygen atoms in total. The van der Waals surface area contributed by atoms with Crippen molar-refractivity contribution in [2.24, 2.45) is 0 Å². The van der Waals surface area contributed by atoms with Gasteiger partial charge in [-0.3, -0.25) is 9.11 Å². The van der Waals surface area contributed by atoms with E-state index in [0.29, 0.717) is 12.8 Å². The van der Waals surface area contributed by atoms with Crippen LogP contribution in [0.15, 0.2) is 0 Å². The van der Waals surface area contributed by atoms with E-state index in [4.69, 9.17) is 9.11 Å². The zero-order valence-corrected chi connectivity index (χ0v) is 11.5. The average molecular weight is 306 g/mol. The van der Waals surface area contributed by atoms with Crippen LogP contribution in [-0.2, 0) is 29.2 Å². The zero-order valence-electron chi connectivity index (χ0n) is 9.82.